The van der Waals surface area contributed by atoms with E-state index in [4.69, 9.17) is 0 Å². The summed E-state index contributed by atoms with van der Waals surface area (Å²) in [6.07, 6.45) is -12.1. The molecule has 0 bridgehead atoms. The summed E-state index contributed by atoms with van der Waals surface area (Å²) in [5.74, 6) is 0. The van der Waals surface area contributed by atoms with Crippen LogP contribution in [-0.4, -0.2) is 12.4 Å². The van der Waals surface area contributed by atoms with Crippen LogP contribution in [0.15, 0.2) is 0 Å². The molecule has 0 fully saturated rings. The molecule has 0 rings (SSSR count). The molecule has 0 aliphatic rings. The number of halogens is 7. The third-order valence-corrected chi connectivity index (χ3v) is 0.321. The standard InChI is InChI=1S/C2F6.FH/c3-1(4,5)2(6,7)8;/h;1H. The first kappa shape index (κ1) is 11.3. The molecule has 0 N–H and O–H groups in total. The molecule has 0 aromatic rings. The maximum Gasteiger partial charge on any atom is 0.487 e. The highest BCUT2D eigenvalue weighted by atomic mass is 19.5. The number of rotatable bonds is 0. The van der Waals surface area contributed by atoms with Gasteiger partial charge in [-0.15, -0.1) is 0 Å². The molecule has 0 nitrogen and oxygen atoms in total. The molecule has 7 heteroatoms. The van der Waals surface area contributed by atoms with E-state index in [1.165, 1.54) is 0 Å². The SMILES string of the molecule is F.FC(F)(F)C(F)(F)F. The zero-order valence-corrected chi connectivity index (χ0v) is 3.68. The van der Waals surface area contributed by atoms with E-state index in [1.807, 2.05) is 0 Å². The molecule has 0 saturated carbocycles. The van der Waals surface area contributed by atoms with Gasteiger partial charge in [-0.25, -0.2) is 0 Å². The molecule has 0 aromatic carbocycles. The zero-order chi connectivity index (χ0) is 7.00. The van der Waals surface area contributed by atoms with E-state index in [1.54, 1.807) is 0 Å². The van der Waals surface area contributed by atoms with Crippen molar-refractivity contribution in [3.05, 3.63) is 0 Å². The predicted molar refractivity (Wildman–Crippen MR) is 14.6 cm³/mol. The summed E-state index contributed by atoms with van der Waals surface area (Å²) in [4.78, 5) is 0. The molecule has 0 aliphatic carbocycles. The highest BCUT2D eigenvalue weighted by Gasteiger charge is 2.58. The molecular weight excluding hydrogens is 157 g/mol. The van der Waals surface area contributed by atoms with Crippen LogP contribution in [0, 0.1) is 0 Å². The fourth-order valence-electron chi connectivity index (χ4n) is 0. The quantitative estimate of drug-likeness (QED) is 0.474. The van der Waals surface area contributed by atoms with Gasteiger partial charge in [0.2, 0.25) is 0 Å². The minimum atomic E-state index is -6.06. The lowest BCUT2D eigenvalue weighted by atomic mass is 10.7. The summed E-state index contributed by atoms with van der Waals surface area (Å²) >= 11 is 0. The van der Waals surface area contributed by atoms with Crippen LogP contribution in [0.25, 0.3) is 0 Å². The van der Waals surface area contributed by atoms with Crippen LogP contribution in [0.1, 0.15) is 0 Å². The second-order valence-corrected chi connectivity index (χ2v) is 0.996. The van der Waals surface area contributed by atoms with Gasteiger partial charge in [0, 0.05) is 0 Å². The van der Waals surface area contributed by atoms with Crippen LogP contribution in [0.3, 0.4) is 0 Å². The Morgan fingerprint density at radius 3 is 0.667 bits per heavy atom. The summed E-state index contributed by atoms with van der Waals surface area (Å²) in [6.45, 7) is 0. The molecule has 0 unspecified atom stereocenters. The largest absolute Gasteiger partial charge is 0.487 e. The van der Waals surface area contributed by atoms with Gasteiger partial charge in [0.25, 0.3) is 0 Å². The molecule has 0 aliphatic heterocycles. The maximum absolute atomic E-state index is 10.4. The first-order chi connectivity index (χ1) is 3.25. The Bertz CT molecular complexity index is 61.9. The van der Waals surface area contributed by atoms with Crippen molar-refractivity contribution in [3.8, 4) is 0 Å². The Labute approximate surface area is 44.8 Å². The molecule has 0 heterocycles. The van der Waals surface area contributed by atoms with Crippen molar-refractivity contribution in [2.45, 2.75) is 12.4 Å². The Kier molecular flexibility index (Phi) is 3.02. The summed E-state index contributed by atoms with van der Waals surface area (Å²) < 4.78 is 62.6. The van der Waals surface area contributed by atoms with Crippen molar-refractivity contribution >= 4 is 0 Å². The average molecular weight is 158 g/mol. The Morgan fingerprint density at radius 2 is 0.667 bits per heavy atom. The van der Waals surface area contributed by atoms with Crippen LogP contribution < -0.4 is 0 Å². The second-order valence-electron chi connectivity index (χ2n) is 0.996. The summed E-state index contributed by atoms with van der Waals surface area (Å²) in [6, 6.07) is 0. The third-order valence-electron chi connectivity index (χ3n) is 0.321. The maximum atomic E-state index is 10.4. The molecule has 9 heavy (non-hydrogen) atoms. The highest BCUT2D eigenvalue weighted by Crippen LogP contribution is 2.35. The number of alkyl halides is 6. The molecule has 0 aromatic heterocycles. The lowest BCUT2D eigenvalue weighted by molar-refractivity contribution is -0.339. The topological polar surface area (TPSA) is 0 Å². The van der Waals surface area contributed by atoms with Gasteiger partial charge >= 0.3 is 12.4 Å². The lowest BCUT2D eigenvalue weighted by Crippen LogP contribution is -2.30. The average Bonchev–Trinajstić information content (AvgIpc) is 1.25. The molecule has 0 atom stereocenters. The molecular formula is C2HF7. The Morgan fingerprint density at radius 1 is 0.556 bits per heavy atom. The van der Waals surface area contributed by atoms with Crippen LogP contribution >= 0.6 is 0 Å². The van der Waals surface area contributed by atoms with Gasteiger partial charge in [-0.3, -0.25) is 4.70 Å². The van der Waals surface area contributed by atoms with Crippen molar-refractivity contribution in [2.75, 3.05) is 0 Å². The van der Waals surface area contributed by atoms with Gasteiger partial charge in [0.05, 0.1) is 0 Å². The fraction of sp³-hybridized carbons (Fsp3) is 1.00. The van der Waals surface area contributed by atoms with E-state index in [0.29, 0.717) is 0 Å². The van der Waals surface area contributed by atoms with Crippen LogP contribution in [-0.2, 0) is 0 Å². The van der Waals surface area contributed by atoms with Crippen LogP contribution in [0.5, 0.6) is 0 Å². The number of hydrogen-bond acceptors (Lipinski definition) is 0. The highest BCUT2D eigenvalue weighted by molar-refractivity contribution is 4.59. The lowest BCUT2D eigenvalue weighted by Gasteiger charge is -2.08. The van der Waals surface area contributed by atoms with Gasteiger partial charge in [0.15, 0.2) is 0 Å². The van der Waals surface area contributed by atoms with Gasteiger partial charge in [-0.1, -0.05) is 0 Å². The minimum absolute atomic E-state index is 0. The smallest absolute Gasteiger partial charge is 0.269 e. The van der Waals surface area contributed by atoms with E-state index in [9.17, 15) is 26.3 Å². The minimum Gasteiger partial charge on any atom is -0.269 e. The van der Waals surface area contributed by atoms with Crippen molar-refractivity contribution < 1.29 is 31.0 Å². The summed E-state index contributed by atoms with van der Waals surface area (Å²) in [5.41, 5.74) is 0. The van der Waals surface area contributed by atoms with Gasteiger partial charge in [-0.2, -0.15) is 26.3 Å². The molecule has 58 valence electrons. The van der Waals surface area contributed by atoms with Crippen molar-refractivity contribution in [1.82, 2.24) is 0 Å². The first-order valence-electron chi connectivity index (χ1n) is 1.38. The number of hydrogen-bond donors (Lipinski definition) is 0. The Hall–Kier alpha value is -0.490. The van der Waals surface area contributed by atoms with Crippen molar-refractivity contribution in [2.24, 2.45) is 0 Å². The predicted octanol–water partition coefficient (Wildman–Crippen LogP) is 2.26. The van der Waals surface area contributed by atoms with Crippen LogP contribution in [0.4, 0.5) is 31.0 Å². The van der Waals surface area contributed by atoms with E-state index in [-0.39, 0.29) is 4.70 Å². The normalized spacial score (nSPS) is 12.7. The first-order valence-corrected chi connectivity index (χ1v) is 1.38. The summed E-state index contributed by atoms with van der Waals surface area (Å²) in [5, 5.41) is 0. The fourth-order valence-corrected chi connectivity index (χ4v) is 0. The van der Waals surface area contributed by atoms with Crippen LogP contribution in [0.2, 0.25) is 0 Å². The molecule has 0 radical (unpaired) electrons. The van der Waals surface area contributed by atoms with Gasteiger partial charge < -0.3 is 0 Å². The monoisotopic (exact) mass is 158 g/mol. The molecule has 0 saturated heterocycles. The van der Waals surface area contributed by atoms with E-state index < -0.39 is 12.4 Å². The van der Waals surface area contributed by atoms with Gasteiger partial charge in [-0.05, 0) is 0 Å². The molecule has 0 spiro atoms. The van der Waals surface area contributed by atoms with E-state index in [2.05, 4.69) is 0 Å². The molecule has 0 amide bonds. The zero-order valence-electron chi connectivity index (χ0n) is 3.68. The Balaban J connectivity index is 0. The van der Waals surface area contributed by atoms with E-state index >= 15 is 0 Å². The van der Waals surface area contributed by atoms with Gasteiger partial charge in [0.1, 0.15) is 0 Å². The van der Waals surface area contributed by atoms with Crippen molar-refractivity contribution in [3.63, 3.8) is 0 Å². The second kappa shape index (κ2) is 2.40. The van der Waals surface area contributed by atoms with Crippen molar-refractivity contribution in [1.29, 1.82) is 0 Å². The summed E-state index contributed by atoms with van der Waals surface area (Å²) in [7, 11) is 0. The van der Waals surface area contributed by atoms with E-state index in [0.717, 1.165) is 0 Å². The third kappa shape index (κ3) is 3.15.